The Hall–Kier alpha value is -1.78. The molecule has 1 aromatic heterocycles. The molecule has 0 fully saturated rings. The summed E-state index contributed by atoms with van der Waals surface area (Å²) in [6, 6.07) is 7.12. The van der Waals surface area contributed by atoms with Crippen molar-refractivity contribution in [1.82, 2.24) is 4.98 Å². The van der Waals surface area contributed by atoms with Crippen LogP contribution in [-0.2, 0) is 0 Å². The molecule has 0 saturated heterocycles. The molecule has 0 radical (unpaired) electrons. The molecule has 1 heterocycles. The van der Waals surface area contributed by atoms with Gasteiger partial charge >= 0.3 is 6.61 Å². The Bertz CT molecular complexity index is 487. The largest absolute Gasteiger partial charge is 0.432 e. The van der Waals surface area contributed by atoms with E-state index in [0.717, 1.165) is 6.07 Å². The van der Waals surface area contributed by atoms with Crippen molar-refractivity contribution in [3.05, 3.63) is 36.3 Å². The van der Waals surface area contributed by atoms with Crippen LogP contribution in [0.3, 0.4) is 0 Å². The second kappa shape index (κ2) is 3.76. The van der Waals surface area contributed by atoms with Crippen LogP contribution in [0.4, 0.5) is 13.2 Å². The summed E-state index contributed by atoms with van der Waals surface area (Å²) in [5, 5.41) is 0.551. The van der Waals surface area contributed by atoms with Gasteiger partial charge < -0.3 is 4.74 Å². The van der Waals surface area contributed by atoms with Crippen molar-refractivity contribution >= 4 is 10.9 Å². The van der Waals surface area contributed by atoms with E-state index in [1.165, 1.54) is 12.1 Å². The first-order valence-electron chi connectivity index (χ1n) is 4.17. The number of hydrogen-bond acceptors (Lipinski definition) is 2. The monoisotopic (exact) mass is 213 g/mol. The first kappa shape index (κ1) is 9.76. The zero-order valence-electron chi connectivity index (χ0n) is 7.45. The maximum Gasteiger partial charge on any atom is 0.387 e. The molecule has 5 heteroatoms. The summed E-state index contributed by atoms with van der Waals surface area (Å²) < 4.78 is 41.0. The van der Waals surface area contributed by atoms with Gasteiger partial charge in [0.25, 0.3) is 0 Å². The van der Waals surface area contributed by atoms with E-state index in [-0.39, 0.29) is 11.3 Å². The third-order valence-corrected chi connectivity index (χ3v) is 1.87. The van der Waals surface area contributed by atoms with Crippen molar-refractivity contribution in [1.29, 1.82) is 0 Å². The lowest BCUT2D eigenvalue weighted by atomic mass is 10.2. The number of halogens is 3. The Morgan fingerprint density at radius 3 is 2.67 bits per heavy atom. The standard InChI is InChI=1S/C10H6F3NO/c11-8-5-4-6-2-1-3-7(9(6)14-8)15-10(12)13/h1-5,10H. The van der Waals surface area contributed by atoms with Crippen LogP contribution >= 0.6 is 0 Å². The van der Waals surface area contributed by atoms with E-state index in [9.17, 15) is 13.2 Å². The van der Waals surface area contributed by atoms with E-state index in [1.54, 1.807) is 12.1 Å². The van der Waals surface area contributed by atoms with Gasteiger partial charge in [-0.15, -0.1) is 0 Å². The molecule has 0 amide bonds. The van der Waals surface area contributed by atoms with Crippen molar-refractivity contribution in [2.75, 3.05) is 0 Å². The van der Waals surface area contributed by atoms with Gasteiger partial charge in [-0.25, -0.2) is 4.98 Å². The van der Waals surface area contributed by atoms with Crippen molar-refractivity contribution in [2.45, 2.75) is 6.61 Å². The van der Waals surface area contributed by atoms with Crippen molar-refractivity contribution < 1.29 is 17.9 Å². The number of ether oxygens (including phenoxy) is 1. The van der Waals surface area contributed by atoms with E-state index in [4.69, 9.17) is 0 Å². The fourth-order valence-corrected chi connectivity index (χ4v) is 1.29. The van der Waals surface area contributed by atoms with Crippen LogP contribution in [0.15, 0.2) is 30.3 Å². The number of pyridine rings is 1. The highest BCUT2D eigenvalue weighted by Crippen LogP contribution is 2.24. The SMILES string of the molecule is Fc1ccc2cccc(OC(F)F)c2n1. The van der Waals surface area contributed by atoms with E-state index in [0.29, 0.717) is 5.39 Å². The Morgan fingerprint density at radius 1 is 1.13 bits per heavy atom. The summed E-state index contributed by atoms with van der Waals surface area (Å²) in [7, 11) is 0. The Kier molecular flexibility index (Phi) is 2.45. The summed E-state index contributed by atoms with van der Waals surface area (Å²) in [6.45, 7) is -2.94. The molecule has 0 aliphatic rings. The molecular weight excluding hydrogens is 207 g/mol. The first-order chi connectivity index (χ1) is 7.16. The van der Waals surface area contributed by atoms with Gasteiger partial charge in [-0.3, -0.25) is 0 Å². The molecule has 0 saturated carbocycles. The van der Waals surface area contributed by atoms with Gasteiger partial charge in [-0.2, -0.15) is 13.2 Å². The van der Waals surface area contributed by atoms with Gasteiger partial charge in [-0.05, 0) is 18.2 Å². The third kappa shape index (κ3) is 2.01. The zero-order chi connectivity index (χ0) is 10.8. The normalized spacial score (nSPS) is 10.9. The molecule has 0 N–H and O–H groups in total. The number of rotatable bonds is 2. The predicted octanol–water partition coefficient (Wildman–Crippen LogP) is 2.98. The molecular formula is C10H6F3NO. The summed E-state index contributed by atoms with van der Waals surface area (Å²) >= 11 is 0. The molecule has 0 unspecified atom stereocenters. The van der Waals surface area contributed by atoms with Crippen LogP contribution in [0, 0.1) is 5.95 Å². The minimum Gasteiger partial charge on any atom is -0.432 e. The zero-order valence-corrected chi connectivity index (χ0v) is 7.45. The number of alkyl halides is 2. The highest BCUT2D eigenvalue weighted by Gasteiger charge is 2.09. The second-order valence-corrected chi connectivity index (χ2v) is 2.84. The lowest BCUT2D eigenvalue weighted by molar-refractivity contribution is -0.0489. The summed E-state index contributed by atoms with van der Waals surface area (Å²) in [6.07, 6.45) is 0. The maximum absolute atomic E-state index is 12.8. The Balaban J connectivity index is 2.58. The van der Waals surface area contributed by atoms with E-state index in [1.807, 2.05) is 0 Å². The number of nitrogens with zero attached hydrogens (tertiary/aromatic N) is 1. The smallest absolute Gasteiger partial charge is 0.387 e. The van der Waals surface area contributed by atoms with E-state index < -0.39 is 12.6 Å². The summed E-state index contributed by atoms with van der Waals surface area (Å²) in [5.74, 6) is -0.852. The summed E-state index contributed by atoms with van der Waals surface area (Å²) in [4.78, 5) is 3.50. The van der Waals surface area contributed by atoms with Crippen LogP contribution in [0.2, 0.25) is 0 Å². The molecule has 2 nitrogen and oxygen atoms in total. The number of para-hydroxylation sites is 1. The average Bonchev–Trinajstić information content (AvgIpc) is 2.18. The van der Waals surface area contributed by atoms with Crippen LogP contribution in [0.5, 0.6) is 5.75 Å². The fourth-order valence-electron chi connectivity index (χ4n) is 1.29. The lowest BCUT2D eigenvalue weighted by Crippen LogP contribution is -2.03. The second-order valence-electron chi connectivity index (χ2n) is 2.84. The topological polar surface area (TPSA) is 22.1 Å². The van der Waals surface area contributed by atoms with Gasteiger partial charge in [0.05, 0.1) is 0 Å². The van der Waals surface area contributed by atoms with Gasteiger partial charge in [0, 0.05) is 5.39 Å². The maximum atomic E-state index is 12.8. The van der Waals surface area contributed by atoms with E-state index in [2.05, 4.69) is 9.72 Å². The van der Waals surface area contributed by atoms with Crippen LogP contribution < -0.4 is 4.74 Å². The van der Waals surface area contributed by atoms with Crippen LogP contribution in [-0.4, -0.2) is 11.6 Å². The molecule has 2 aromatic rings. The third-order valence-electron chi connectivity index (χ3n) is 1.87. The van der Waals surface area contributed by atoms with Gasteiger partial charge in [0.2, 0.25) is 5.95 Å². The molecule has 0 spiro atoms. The number of aromatic nitrogens is 1. The highest BCUT2D eigenvalue weighted by atomic mass is 19.3. The molecule has 0 aliphatic heterocycles. The first-order valence-corrected chi connectivity index (χ1v) is 4.17. The molecule has 78 valence electrons. The summed E-state index contributed by atoms with van der Waals surface area (Å²) in [5.41, 5.74) is 0.0952. The predicted molar refractivity (Wildman–Crippen MR) is 48.3 cm³/mol. The minimum absolute atomic E-state index is 0.0952. The highest BCUT2D eigenvalue weighted by molar-refractivity contribution is 5.84. The molecule has 1 aromatic carbocycles. The Labute approximate surface area is 83.3 Å². The number of benzene rings is 1. The van der Waals surface area contributed by atoms with Gasteiger partial charge in [-0.1, -0.05) is 12.1 Å². The molecule has 0 aliphatic carbocycles. The van der Waals surface area contributed by atoms with Gasteiger partial charge in [0.15, 0.2) is 5.75 Å². The van der Waals surface area contributed by atoms with Gasteiger partial charge in [0.1, 0.15) is 5.52 Å². The van der Waals surface area contributed by atoms with Crippen LogP contribution in [0.25, 0.3) is 10.9 Å². The van der Waals surface area contributed by atoms with Crippen LogP contribution in [0.1, 0.15) is 0 Å². The average molecular weight is 213 g/mol. The molecule has 15 heavy (non-hydrogen) atoms. The fraction of sp³-hybridized carbons (Fsp3) is 0.100. The molecule has 0 bridgehead atoms. The van der Waals surface area contributed by atoms with E-state index >= 15 is 0 Å². The van der Waals surface area contributed by atoms with Crippen molar-refractivity contribution in [3.8, 4) is 5.75 Å². The molecule has 0 atom stereocenters. The molecule has 2 rings (SSSR count). The van der Waals surface area contributed by atoms with Crippen molar-refractivity contribution in [3.63, 3.8) is 0 Å². The number of hydrogen-bond donors (Lipinski definition) is 0. The minimum atomic E-state index is -2.94. The number of fused-ring (bicyclic) bond motifs is 1. The Morgan fingerprint density at radius 2 is 1.93 bits per heavy atom. The lowest BCUT2D eigenvalue weighted by Gasteiger charge is -2.06. The quantitative estimate of drug-likeness (QED) is 0.715. The van der Waals surface area contributed by atoms with Crippen molar-refractivity contribution in [2.24, 2.45) is 0 Å².